The molecule has 1 N–H and O–H groups in total. The van der Waals surface area contributed by atoms with Gasteiger partial charge in [0.2, 0.25) is 5.91 Å². The molecule has 0 unspecified atom stereocenters. The summed E-state index contributed by atoms with van der Waals surface area (Å²) in [5.41, 5.74) is 1.42. The molecule has 2 amide bonds. The fraction of sp³-hybridized carbons (Fsp3) is 0.150. The lowest BCUT2D eigenvalue weighted by atomic mass is 10.1. The Bertz CT molecular complexity index is 961. The Morgan fingerprint density at radius 3 is 2.62 bits per heavy atom. The summed E-state index contributed by atoms with van der Waals surface area (Å²) in [6.45, 7) is 0. The van der Waals surface area contributed by atoms with E-state index in [1.165, 1.54) is 0 Å². The van der Waals surface area contributed by atoms with E-state index < -0.39 is 6.04 Å². The van der Waals surface area contributed by atoms with Gasteiger partial charge in [0.25, 0.3) is 5.91 Å². The number of amides is 2. The van der Waals surface area contributed by atoms with Crippen molar-refractivity contribution in [1.82, 2.24) is 9.88 Å². The second kappa shape index (κ2) is 7.17. The number of nitrogens with one attached hydrogen (secondary N) is 1. The molecule has 1 aromatic heterocycles. The number of pyridine rings is 1. The molecule has 1 saturated heterocycles. The highest BCUT2D eigenvalue weighted by Crippen LogP contribution is 2.24. The van der Waals surface area contributed by atoms with Crippen LogP contribution < -0.4 is 5.32 Å². The molecule has 3 aromatic rings. The average molecular weight is 363 g/mol. The standard InChI is InChI=1S/C20H17N3O2S/c24-19(22-18-11-10-14-6-4-5-9-16(14)21-18)17-12-26-13-23(17)20(25)15-7-2-1-3-8-15/h1-11,17H,12-13H2,(H,21,22,24)/t17-/m1/s1. The van der Waals surface area contributed by atoms with Crippen molar-refractivity contribution in [1.29, 1.82) is 0 Å². The van der Waals surface area contributed by atoms with Crippen LogP contribution in [0.15, 0.2) is 66.7 Å². The van der Waals surface area contributed by atoms with Gasteiger partial charge in [0.05, 0.1) is 11.4 Å². The zero-order chi connectivity index (χ0) is 17.9. The number of aromatic nitrogens is 1. The minimum absolute atomic E-state index is 0.123. The molecular formula is C20H17N3O2S. The van der Waals surface area contributed by atoms with Gasteiger partial charge in [-0.15, -0.1) is 11.8 Å². The molecule has 1 aliphatic heterocycles. The second-order valence-electron chi connectivity index (χ2n) is 6.04. The Labute approximate surface area is 155 Å². The lowest BCUT2D eigenvalue weighted by molar-refractivity contribution is -0.119. The third-order valence-electron chi connectivity index (χ3n) is 4.32. The maximum Gasteiger partial charge on any atom is 0.255 e. The molecule has 5 nitrogen and oxygen atoms in total. The number of rotatable bonds is 3. The SMILES string of the molecule is O=C(Nc1ccc2ccccc2n1)[C@H]1CSCN1C(=O)c1ccccc1. The van der Waals surface area contributed by atoms with Crippen molar-refractivity contribution in [2.24, 2.45) is 0 Å². The Balaban J connectivity index is 1.52. The predicted octanol–water partition coefficient (Wildman–Crippen LogP) is 3.39. The molecule has 2 heterocycles. The minimum Gasteiger partial charge on any atom is -0.317 e. The lowest BCUT2D eigenvalue weighted by Crippen LogP contribution is -2.44. The molecule has 2 aromatic carbocycles. The monoisotopic (exact) mass is 363 g/mol. The molecule has 0 spiro atoms. The Morgan fingerprint density at radius 1 is 1.00 bits per heavy atom. The van der Waals surface area contributed by atoms with Crippen molar-refractivity contribution in [2.75, 3.05) is 16.9 Å². The van der Waals surface area contributed by atoms with Crippen molar-refractivity contribution < 1.29 is 9.59 Å². The summed E-state index contributed by atoms with van der Waals surface area (Å²) in [5, 5.41) is 3.87. The first kappa shape index (κ1) is 16.6. The topological polar surface area (TPSA) is 62.3 Å². The van der Waals surface area contributed by atoms with Crippen LogP contribution >= 0.6 is 11.8 Å². The minimum atomic E-state index is -0.499. The summed E-state index contributed by atoms with van der Waals surface area (Å²) in [4.78, 5) is 31.5. The molecule has 130 valence electrons. The van der Waals surface area contributed by atoms with Crippen molar-refractivity contribution in [2.45, 2.75) is 6.04 Å². The summed E-state index contributed by atoms with van der Waals surface area (Å²) in [7, 11) is 0. The maximum atomic E-state index is 12.7. The van der Waals surface area contributed by atoms with E-state index in [-0.39, 0.29) is 11.8 Å². The van der Waals surface area contributed by atoms with Gasteiger partial charge in [0, 0.05) is 16.7 Å². The van der Waals surface area contributed by atoms with Gasteiger partial charge in [-0.1, -0.05) is 36.4 Å². The smallest absolute Gasteiger partial charge is 0.255 e. The average Bonchev–Trinajstić information content (AvgIpc) is 3.18. The molecule has 26 heavy (non-hydrogen) atoms. The van der Waals surface area contributed by atoms with Gasteiger partial charge >= 0.3 is 0 Å². The van der Waals surface area contributed by atoms with Crippen molar-refractivity contribution >= 4 is 40.3 Å². The molecule has 1 atom stereocenters. The Kier molecular flexibility index (Phi) is 4.58. The number of anilines is 1. The quantitative estimate of drug-likeness (QED) is 0.775. The summed E-state index contributed by atoms with van der Waals surface area (Å²) in [6.07, 6.45) is 0. The van der Waals surface area contributed by atoms with E-state index in [0.717, 1.165) is 10.9 Å². The number of thioether (sulfide) groups is 1. The largest absolute Gasteiger partial charge is 0.317 e. The van der Waals surface area contributed by atoms with E-state index in [1.54, 1.807) is 34.9 Å². The molecule has 0 bridgehead atoms. The van der Waals surface area contributed by atoms with Crippen molar-refractivity contribution in [3.05, 3.63) is 72.3 Å². The molecule has 0 aliphatic carbocycles. The maximum absolute atomic E-state index is 12.7. The number of carbonyl (C=O) groups is 2. The molecule has 0 radical (unpaired) electrons. The third-order valence-corrected chi connectivity index (χ3v) is 5.33. The van der Waals surface area contributed by atoms with Gasteiger partial charge in [0.1, 0.15) is 11.9 Å². The highest BCUT2D eigenvalue weighted by Gasteiger charge is 2.35. The van der Waals surface area contributed by atoms with Crippen LogP contribution in [0.3, 0.4) is 0 Å². The molecular weight excluding hydrogens is 346 g/mol. The normalized spacial score (nSPS) is 16.6. The van der Waals surface area contributed by atoms with E-state index in [9.17, 15) is 9.59 Å². The van der Waals surface area contributed by atoms with Gasteiger partial charge in [-0.2, -0.15) is 0 Å². The van der Waals surface area contributed by atoms with Gasteiger partial charge in [-0.05, 0) is 30.3 Å². The highest BCUT2D eigenvalue weighted by atomic mass is 32.2. The highest BCUT2D eigenvalue weighted by molar-refractivity contribution is 7.99. The van der Waals surface area contributed by atoms with Crippen LogP contribution in [0.1, 0.15) is 10.4 Å². The molecule has 1 aliphatic rings. The van der Waals surface area contributed by atoms with Crippen LogP contribution in [0, 0.1) is 0 Å². The van der Waals surface area contributed by atoms with Crippen molar-refractivity contribution in [3.8, 4) is 0 Å². The first-order valence-corrected chi connectivity index (χ1v) is 9.48. The van der Waals surface area contributed by atoms with Crippen molar-refractivity contribution in [3.63, 3.8) is 0 Å². The zero-order valence-electron chi connectivity index (χ0n) is 14.0. The Hall–Kier alpha value is -2.86. The third kappa shape index (κ3) is 3.28. The second-order valence-corrected chi connectivity index (χ2v) is 7.03. The molecule has 4 rings (SSSR count). The first-order chi connectivity index (χ1) is 12.7. The number of carbonyl (C=O) groups excluding carboxylic acids is 2. The fourth-order valence-electron chi connectivity index (χ4n) is 2.95. The van der Waals surface area contributed by atoms with E-state index in [0.29, 0.717) is 23.0 Å². The van der Waals surface area contributed by atoms with Gasteiger partial charge in [0.15, 0.2) is 0 Å². The predicted molar refractivity (Wildman–Crippen MR) is 104 cm³/mol. The summed E-state index contributed by atoms with van der Waals surface area (Å²) in [6, 6.07) is 20.0. The fourth-order valence-corrected chi connectivity index (χ4v) is 4.11. The van der Waals surface area contributed by atoms with Crippen LogP contribution in [0.4, 0.5) is 5.82 Å². The van der Waals surface area contributed by atoms with Crippen LogP contribution in [-0.2, 0) is 4.79 Å². The number of para-hydroxylation sites is 1. The van der Waals surface area contributed by atoms with Crippen LogP contribution in [0.25, 0.3) is 10.9 Å². The van der Waals surface area contributed by atoms with E-state index in [2.05, 4.69) is 10.3 Å². The van der Waals surface area contributed by atoms with E-state index in [4.69, 9.17) is 0 Å². The first-order valence-electron chi connectivity index (χ1n) is 8.33. The van der Waals surface area contributed by atoms with Gasteiger partial charge in [-0.25, -0.2) is 4.98 Å². The van der Waals surface area contributed by atoms with Crippen LogP contribution in [0.5, 0.6) is 0 Å². The lowest BCUT2D eigenvalue weighted by Gasteiger charge is -2.23. The van der Waals surface area contributed by atoms with Gasteiger partial charge < -0.3 is 10.2 Å². The van der Waals surface area contributed by atoms with Crippen LogP contribution in [0.2, 0.25) is 0 Å². The summed E-state index contributed by atoms with van der Waals surface area (Å²) >= 11 is 1.58. The Morgan fingerprint density at radius 2 is 1.77 bits per heavy atom. The van der Waals surface area contributed by atoms with E-state index in [1.807, 2.05) is 48.5 Å². The zero-order valence-corrected chi connectivity index (χ0v) is 14.8. The van der Waals surface area contributed by atoms with Gasteiger partial charge in [-0.3, -0.25) is 9.59 Å². The summed E-state index contributed by atoms with van der Waals surface area (Å²) < 4.78 is 0. The number of benzene rings is 2. The molecule has 1 fully saturated rings. The number of hydrogen-bond donors (Lipinski definition) is 1. The number of nitrogens with zero attached hydrogens (tertiary/aromatic N) is 2. The molecule has 0 saturated carbocycles. The van der Waals surface area contributed by atoms with E-state index >= 15 is 0 Å². The van der Waals surface area contributed by atoms with Crippen LogP contribution in [-0.4, -0.2) is 39.4 Å². The number of hydrogen-bond acceptors (Lipinski definition) is 4. The number of fused-ring (bicyclic) bond motifs is 1. The summed E-state index contributed by atoms with van der Waals surface area (Å²) in [5.74, 6) is 1.26. The molecule has 6 heteroatoms.